The number of aliphatic hydroxyl groups is 1. The lowest BCUT2D eigenvalue weighted by atomic mass is 9.88. The van der Waals surface area contributed by atoms with Gasteiger partial charge < -0.3 is 5.11 Å². The molecule has 2 aliphatic rings. The predicted molar refractivity (Wildman–Crippen MR) is 65.7 cm³/mol. The van der Waals surface area contributed by atoms with E-state index in [-0.39, 0.29) is 6.10 Å². The Kier molecular flexibility index (Phi) is 4.41. The van der Waals surface area contributed by atoms with Gasteiger partial charge in [-0.2, -0.15) is 12.7 Å². The minimum Gasteiger partial charge on any atom is -0.393 e. The Morgan fingerprint density at radius 2 is 1.71 bits per heavy atom. The molecule has 0 aromatic carbocycles. The molecule has 0 radical (unpaired) electrons. The van der Waals surface area contributed by atoms with Gasteiger partial charge in [0.15, 0.2) is 0 Å². The van der Waals surface area contributed by atoms with Crippen molar-refractivity contribution < 1.29 is 13.5 Å². The van der Waals surface area contributed by atoms with Crippen LogP contribution >= 0.6 is 0 Å². The van der Waals surface area contributed by atoms with Gasteiger partial charge in [0.1, 0.15) is 0 Å². The normalized spacial score (nSPS) is 31.8. The van der Waals surface area contributed by atoms with Crippen LogP contribution in [0.4, 0.5) is 0 Å². The van der Waals surface area contributed by atoms with Crippen LogP contribution in [0.1, 0.15) is 38.5 Å². The minimum absolute atomic E-state index is 0.179. The third-order valence-corrected chi connectivity index (χ3v) is 5.35. The summed E-state index contributed by atoms with van der Waals surface area (Å²) < 4.78 is 28.0. The summed E-state index contributed by atoms with van der Waals surface area (Å²) in [6, 6.07) is 0. The molecule has 2 N–H and O–H groups in total. The monoisotopic (exact) mass is 262 g/mol. The maximum Gasteiger partial charge on any atom is 0.279 e. The average molecular weight is 262 g/mol. The summed E-state index contributed by atoms with van der Waals surface area (Å²) in [5.41, 5.74) is 0. The van der Waals surface area contributed by atoms with Crippen molar-refractivity contribution in [2.45, 2.75) is 44.6 Å². The summed E-state index contributed by atoms with van der Waals surface area (Å²) in [4.78, 5) is 0. The standard InChI is InChI=1S/C11H22N2O3S/c14-11-5-3-10(4-6-11)9-12-17(15,16)13-7-1-2-8-13/h10-12,14H,1-9H2. The SMILES string of the molecule is O=S(=O)(NCC1CCC(O)CC1)N1CCCC1. The molecular weight excluding hydrogens is 240 g/mol. The van der Waals surface area contributed by atoms with E-state index in [1.165, 1.54) is 4.31 Å². The lowest BCUT2D eigenvalue weighted by Crippen LogP contribution is -2.41. The molecular formula is C11H22N2O3S. The highest BCUT2D eigenvalue weighted by atomic mass is 32.2. The van der Waals surface area contributed by atoms with Gasteiger partial charge in [-0.15, -0.1) is 0 Å². The van der Waals surface area contributed by atoms with Crippen molar-refractivity contribution in [3.05, 3.63) is 0 Å². The van der Waals surface area contributed by atoms with Crippen LogP contribution in [0.15, 0.2) is 0 Å². The van der Waals surface area contributed by atoms with Gasteiger partial charge in [0.25, 0.3) is 10.2 Å². The first-order valence-electron chi connectivity index (χ1n) is 6.51. The second-order valence-corrected chi connectivity index (χ2v) is 6.89. The average Bonchev–Trinajstić information content (AvgIpc) is 2.82. The van der Waals surface area contributed by atoms with Gasteiger partial charge in [-0.25, -0.2) is 4.72 Å². The smallest absolute Gasteiger partial charge is 0.279 e. The van der Waals surface area contributed by atoms with Gasteiger partial charge in [-0.3, -0.25) is 0 Å². The molecule has 100 valence electrons. The molecule has 1 saturated carbocycles. The van der Waals surface area contributed by atoms with Crippen molar-refractivity contribution in [3.8, 4) is 0 Å². The van der Waals surface area contributed by atoms with Gasteiger partial charge in [-0.1, -0.05) is 0 Å². The number of hydrogen-bond donors (Lipinski definition) is 2. The number of rotatable bonds is 4. The van der Waals surface area contributed by atoms with Crippen LogP contribution in [0.2, 0.25) is 0 Å². The zero-order valence-electron chi connectivity index (χ0n) is 10.1. The third kappa shape index (κ3) is 3.64. The van der Waals surface area contributed by atoms with Crippen molar-refractivity contribution in [3.63, 3.8) is 0 Å². The fourth-order valence-corrected chi connectivity index (χ4v) is 3.96. The van der Waals surface area contributed by atoms with E-state index >= 15 is 0 Å². The van der Waals surface area contributed by atoms with E-state index in [9.17, 15) is 13.5 Å². The molecule has 0 bridgehead atoms. The fraction of sp³-hybridized carbons (Fsp3) is 1.00. The maximum atomic E-state index is 11.9. The van der Waals surface area contributed by atoms with E-state index < -0.39 is 10.2 Å². The summed E-state index contributed by atoms with van der Waals surface area (Å²) in [5.74, 6) is 0.385. The van der Waals surface area contributed by atoms with Crippen LogP contribution in [-0.4, -0.2) is 43.6 Å². The highest BCUT2D eigenvalue weighted by molar-refractivity contribution is 7.87. The van der Waals surface area contributed by atoms with Crippen LogP contribution in [0, 0.1) is 5.92 Å². The van der Waals surface area contributed by atoms with E-state index in [1.807, 2.05) is 0 Å². The van der Waals surface area contributed by atoms with Gasteiger partial charge in [0, 0.05) is 19.6 Å². The number of hydrogen-bond acceptors (Lipinski definition) is 3. The van der Waals surface area contributed by atoms with Crippen molar-refractivity contribution in [1.82, 2.24) is 9.03 Å². The third-order valence-electron chi connectivity index (χ3n) is 3.78. The Hall–Kier alpha value is -0.170. The summed E-state index contributed by atoms with van der Waals surface area (Å²) in [5, 5.41) is 9.38. The van der Waals surface area contributed by atoms with Crippen molar-refractivity contribution >= 4 is 10.2 Å². The molecule has 1 heterocycles. The lowest BCUT2D eigenvalue weighted by Gasteiger charge is -2.26. The van der Waals surface area contributed by atoms with E-state index in [2.05, 4.69) is 4.72 Å². The molecule has 0 spiro atoms. The largest absolute Gasteiger partial charge is 0.393 e. The first-order valence-corrected chi connectivity index (χ1v) is 7.95. The molecule has 0 unspecified atom stereocenters. The van der Waals surface area contributed by atoms with Crippen molar-refractivity contribution in [1.29, 1.82) is 0 Å². The van der Waals surface area contributed by atoms with Crippen molar-refractivity contribution in [2.75, 3.05) is 19.6 Å². The number of nitrogens with zero attached hydrogens (tertiary/aromatic N) is 1. The first-order chi connectivity index (χ1) is 8.08. The van der Waals surface area contributed by atoms with Gasteiger partial charge >= 0.3 is 0 Å². The summed E-state index contributed by atoms with van der Waals surface area (Å²) in [7, 11) is -3.25. The highest BCUT2D eigenvalue weighted by Gasteiger charge is 2.26. The van der Waals surface area contributed by atoms with Gasteiger partial charge in [0.05, 0.1) is 6.10 Å². The first kappa shape index (κ1) is 13.3. The van der Waals surface area contributed by atoms with Crippen molar-refractivity contribution in [2.24, 2.45) is 5.92 Å². The van der Waals surface area contributed by atoms with Crippen LogP contribution < -0.4 is 4.72 Å². The quantitative estimate of drug-likeness (QED) is 0.773. The Bertz CT molecular complexity index is 331. The molecule has 6 heteroatoms. The van der Waals surface area contributed by atoms with E-state index in [4.69, 9.17) is 0 Å². The molecule has 0 atom stereocenters. The molecule has 17 heavy (non-hydrogen) atoms. The number of aliphatic hydroxyl groups excluding tert-OH is 1. The highest BCUT2D eigenvalue weighted by Crippen LogP contribution is 2.23. The van der Waals surface area contributed by atoms with Gasteiger partial charge in [0.2, 0.25) is 0 Å². The van der Waals surface area contributed by atoms with E-state index in [1.54, 1.807) is 0 Å². The Morgan fingerprint density at radius 1 is 1.12 bits per heavy atom. The zero-order valence-corrected chi connectivity index (χ0v) is 11.0. The predicted octanol–water partition coefficient (Wildman–Crippen LogP) is 0.468. The zero-order chi connectivity index (χ0) is 12.3. The van der Waals surface area contributed by atoms with E-state index in [0.717, 1.165) is 38.5 Å². The molecule has 5 nitrogen and oxygen atoms in total. The van der Waals surface area contributed by atoms with Crippen LogP contribution in [0.5, 0.6) is 0 Å². The Balaban J connectivity index is 1.77. The second-order valence-electron chi connectivity index (χ2n) is 5.13. The summed E-state index contributed by atoms with van der Waals surface area (Å²) in [6.07, 6.45) is 5.20. The Morgan fingerprint density at radius 3 is 2.29 bits per heavy atom. The summed E-state index contributed by atoms with van der Waals surface area (Å²) in [6.45, 7) is 1.82. The molecule has 1 aliphatic heterocycles. The molecule has 2 fully saturated rings. The lowest BCUT2D eigenvalue weighted by molar-refractivity contribution is 0.109. The topological polar surface area (TPSA) is 69.6 Å². The minimum atomic E-state index is -3.25. The van der Waals surface area contributed by atoms with Crippen LogP contribution in [0.25, 0.3) is 0 Å². The van der Waals surface area contributed by atoms with Crippen LogP contribution in [-0.2, 0) is 10.2 Å². The maximum absolute atomic E-state index is 11.9. The second kappa shape index (κ2) is 5.65. The van der Waals surface area contributed by atoms with Gasteiger partial charge in [-0.05, 0) is 44.4 Å². The molecule has 1 aliphatic carbocycles. The number of nitrogens with one attached hydrogen (secondary N) is 1. The van der Waals surface area contributed by atoms with E-state index in [0.29, 0.717) is 25.6 Å². The van der Waals surface area contributed by atoms with Crippen LogP contribution in [0.3, 0.4) is 0 Å². The Labute approximate surface area is 103 Å². The summed E-state index contributed by atoms with van der Waals surface area (Å²) >= 11 is 0. The molecule has 0 aromatic rings. The fourth-order valence-electron chi connectivity index (χ4n) is 2.59. The molecule has 2 rings (SSSR count). The molecule has 0 amide bonds. The molecule has 1 saturated heterocycles. The molecule has 0 aromatic heterocycles.